The van der Waals surface area contributed by atoms with E-state index >= 15 is 0 Å². The van der Waals surface area contributed by atoms with Crippen LogP contribution in [0.3, 0.4) is 0 Å². The molecule has 11 heteroatoms. The molecular weight excluding hydrogens is 408 g/mol. The second-order valence-corrected chi connectivity index (χ2v) is 9.24. The zero-order valence-corrected chi connectivity index (χ0v) is 17.0. The average molecular weight is 431 g/mol. The molecule has 0 aliphatic rings. The van der Waals surface area contributed by atoms with Crippen molar-refractivity contribution in [3.05, 3.63) is 48.5 Å². The van der Waals surface area contributed by atoms with Crippen molar-refractivity contribution in [3.63, 3.8) is 0 Å². The molecule has 0 saturated heterocycles. The van der Waals surface area contributed by atoms with E-state index in [0.29, 0.717) is 11.5 Å². The number of aliphatic hydroxyl groups is 1. The summed E-state index contributed by atoms with van der Waals surface area (Å²) in [6.45, 7) is -0.723. The van der Waals surface area contributed by atoms with E-state index in [1.165, 1.54) is 62.8 Å². The summed E-state index contributed by atoms with van der Waals surface area (Å²) in [5, 5.41) is 9.94. The van der Waals surface area contributed by atoms with E-state index in [1.807, 2.05) is 0 Å². The van der Waals surface area contributed by atoms with Crippen LogP contribution in [-0.2, 0) is 20.0 Å². The molecule has 2 rings (SSSR count). The van der Waals surface area contributed by atoms with Crippen molar-refractivity contribution in [2.24, 2.45) is 0 Å². The van der Waals surface area contributed by atoms with Gasteiger partial charge in [-0.25, -0.2) is 26.3 Å². The lowest BCUT2D eigenvalue weighted by atomic mass is 10.3. The molecule has 154 valence electrons. The lowest BCUT2D eigenvalue weighted by Crippen LogP contribution is -2.39. The third-order valence-corrected chi connectivity index (χ3v) is 6.64. The first-order chi connectivity index (χ1) is 13.2. The van der Waals surface area contributed by atoms with Gasteiger partial charge in [0, 0.05) is 13.1 Å². The van der Waals surface area contributed by atoms with Crippen LogP contribution in [0.5, 0.6) is 11.5 Å². The average Bonchev–Trinajstić information content (AvgIpc) is 2.71. The molecule has 0 heterocycles. The zero-order valence-electron chi connectivity index (χ0n) is 15.3. The van der Waals surface area contributed by atoms with Gasteiger partial charge in [-0.2, -0.15) is 0 Å². The molecular formula is C17H22N2O7S2. The highest BCUT2D eigenvalue weighted by Crippen LogP contribution is 2.16. The minimum absolute atomic E-state index is 0.000636. The monoisotopic (exact) mass is 430 g/mol. The molecule has 3 N–H and O–H groups in total. The predicted octanol–water partition coefficient (Wildman–Crippen LogP) is 0.322. The van der Waals surface area contributed by atoms with Crippen LogP contribution >= 0.6 is 0 Å². The summed E-state index contributed by atoms with van der Waals surface area (Å²) in [5.74, 6) is 1.01. The van der Waals surface area contributed by atoms with E-state index < -0.39 is 26.2 Å². The zero-order chi connectivity index (χ0) is 20.8. The number of methoxy groups -OCH3 is 2. The Morgan fingerprint density at radius 1 is 0.750 bits per heavy atom. The van der Waals surface area contributed by atoms with Gasteiger partial charge in [-0.1, -0.05) is 0 Å². The van der Waals surface area contributed by atoms with Gasteiger partial charge in [0.25, 0.3) is 0 Å². The van der Waals surface area contributed by atoms with E-state index in [0.717, 1.165) is 0 Å². The van der Waals surface area contributed by atoms with Crippen molar-refractivity contribution in [1.29, 1.82) is 0 Å². The van der Waals surface area contributed by atoms with Crippen molar-refractivity contribution >= 4 is 20.0 Å². The van der Waals surface area contributed by atoms with Crippen LogP contribution in [0.1, 0.15) is 0 Å². The quantitative estimate of drug-likeness (QED) is 0.495. The van der Waals surface area contributed by atoms with E-state index in [-0.39, 0.29) is 22.9 Å². The Kier molecular flexibility index (Phi) is 7.38. The van der Waals surface area contributed by atoms with Gasteiger partial charge in [0.15, 0.2) is 0 Å². The number of ether oxygens (including phenoxy) is 2. The molecule has 0 aromatic heterocycles. The Balaban J connectivity index is 1.91. The largest absolute Gasteiger partial charge is 0.497 e. The first-order valence-corrected chi connectivity index (χ1v) is 11.1. The van der Waals surface area contributed by atoms with Crippen molar-refractivity contribution in [2.75, 3.05) is 27.3 Å². The van der Waals surface area contributed by atoms with E-state index in [2.05, 4.69) is 9.44 Å². The number of rotatable bonds is 10. The topological polar surface area (TPSA) is 131 Å². The molecule has 0 bridgehead atoms. The number of aliphatic hydroxyl groups excluding tert-OH is 1. The first-order valence-electron chi connectivity index (χ1n) is 8.13. The Labute approximate surface area is 164 Å². The van der Waals surface area contributed by atoms with Crippen LogP contribution in [0, 0.1) is 0 Å². The molecule has 2 aromatic carbocycles. The van der Waals surface area contributed by atoms with Gasteiger partial charge in [-0.3, -0.25) is 0 Å². The highest BCUT2D eigenvalue weighted by Gasteiger charge is 2.19. The van der Waals surface area contributed by atoms with Crippen LogP contribution in [0.4, 0.5) is 0 Å². The summed E-state index contributed by atoms with van der Waals surface area (Å²) in [6, 6.07) is 11.4. The number of sulfonamides is 2. The Hall–Kier alpha value is -2.18. The molecule has 0 amide bonds. The van der Waals surface area contributed by atoms with E-state index in [4.69, 9.17) is 9.47 Å². The summed E-state index contributed by atoms with van der Waals surface area (Å²) in [5.41, 5.74) is 0. The summed E-state index contributed by atoms with van der Waals surface area (Å²) in [6.07, 6.45) is -1.26. The number of hydrogen-bond donors (Lipinski definition) is 3. The van der Waals surface area contributed by atoms with Gasteiger partial charge in [0.05, 0.1) is 30.1 Å². The molecule has 28 heavy (non-hydrogen) atoms. The molecule has 2 aromatic rings. The fraction of sp³-hybridized carbons (Fsp3) is 0.294. The molecule has 9 nitrogen and oxygen atoms in total. The van der Waals surface area contributed by atoms with Gasteiger partial charge >= 0.3 is 0 Å². The second-order valence-electron chi connectivity index (χ2n) is 5.71. The maximum absolute atomic E-state index is 12.2. The molecule has 0 fully saturated rings. The van der Waals surface area contributed by atoms with Crippen LogP contribution in [0.15, 0.2) is 58.3 Å². The van der Waals surface area contributed by atoms with Gasteiger partial charge in [-0.15, -0.1) is 0 Å². The highest BCUT2D eigenvalue weighted by molar-refractivity contribution is 7.89. The first kappa shape index (κ1) is 22.1. The maximum atomic E-state index is 12.2. The van der Waals surface area contributed by atoms with Crippen molar-refractivity contribution in [2.45, 2.75) is 15.9 Å². The molecule has 0 atom stereocenters. The smallest absolute Gasteiger partial charge is 0.240 e. The van der Waals surface area contributed by atoms with Gasteiger partial charge in [0.2, 0.25) is 20.0 Å². The molecule has 0 unspecified atom stereocenters. The summed E-state index contributed by atoms with van der Waals surface area (Å²) in [4.78, 5) is -0.00127. The number of hydrogen-bond acceptors (Lipinski definition) is 7. The fourth-order valence-corrected chi connectivity index (χ4v) is 4.31. The highest BCUT2D eigenvalue weighted by atomic mass is 32.2. The molecule has 0 aliphatic heterocycles. The Morgan fingerprint density at radius 2 is 1.07 bits per heavy atom. The SMILES string of the molecule is COc1ccc(S(=O)(=O)NCC(O)CNS(=O)(=O)c2ccc(OC)cc2)cc1. The Morgan fingerprint density at radius 3 is 1.36 bits per heavy atom. The minimum atomic E-state index is -3.85. The summed E-state index contributed by atoms with van der Waals surface area (Å²) < 4.78 is 63.2. The van der Waals surface area contributed by atoms with E-state index in [1.54, 1.807) is 0 Å². The van der Waals surface area contributed by atoms with Gasteiger partial charge in [0.1, 0.15) is 11.5 Å². The lowest BCUT2D eigenvalue weighted by Gasteiger charge is -2.14. The van der Waals surface area contributed by atoms with Gasteiger partial charge < -0.3 is 14.6 Å². The predicted molar refractivity (Wildman–Crippen MR) is 102 cm³/mol. The van der Waals surface area contributed by atoms with Gasteiger partial charge in [-0.05, 0) is 48.5 Å². The molecule has 0 spiro atoms. The van der Waals surface area contributed by atoms with E-state index in [9.17, 15) is 21.9 Å². The van der Waals surface area contributed by atoms with Crippen molar-refractivity contribution in [3.8, 4) is 11.5 Å². The number of nitrogens with one attached hydrogen (secondary N) is 2. The van der Waals surface area contributed by atoms with Crippen LogP contribution in [0.2, 0.25) is 0 Å². The fourth-order valence-electron chi connectivity index (χ4n) is 2.16. The third-order valence-electron chi connectivity index (χ3n) is 3.76. The standard InChI is InChI=1S/C17H22N2O7S2/c1-25-14-3-7-16(8-4-14)27(21,22)18-11-13(20)12-19-28(23,24)17-9-5-15(26-2)6-10-17/h3-10,13,18-20H,11-12H2,1-2H3. The minimum Gasteiger partial charge on any atom is -0.497 e. The van der Waals surface area contributed by atoms with Crippen LogP contribution < -0.4 is 18.9 Å². The number of benzene rings is 2. The summed E-state index contributed by atoms with van der Waals surface area (Å²) >= 11 is 0. The third kappa shape index (κ3) is 5.91. The lowest BCUT2D eigenvalue weighted by molar-refractivity contribution is 0.182. The molecule has 0 aliphatic carbocycles. The van der Waals surface area contributed by atoms with Crippen molar-refractivity contribution in [1.82, 2.24) is 9.44 Å². The maximum Gasteiger partial charge on any atom is 0.240 e. The van der Waals surface area contributed by atoms with Crippen LogP contribution in [-0.4, -0.2) is 55.4 Å². The van der Waals surface area contributed by atoms with Crippen molar-refractivity contribution < 1.29 is 31.4 Å². The molecule has 0 saturated carbocycles. The Bertz CT molecular complexity index is 892. The normalized spacial score (nSPS) is 12.1. The second kappa shape index (κ2) is 9.34. The molecule has 0 radical (unpaired) electrons. The summed E-state index contributed by atoms with van der Waals surface area (Å²) in [7, 11) is -4.77. The van der Waals surface area contributed by atoms with Crippen LogP contribution in [0.25, 0.3) is 0 Å².